The molecule has 1 fully saturated rings. The first kappa shape index (κ1) is 17.8. The number of nitrogens with one attached hydrogen (secondary N) is 1. The third kappa shape index (κ3) is 3.83. The van der Waals surface area contributed by atoms with E-state index in [2.05, 4.69) is 35.2 Å². The van der Waals surface area contributed by atoms with E-state index in [0.29, 0.717) is 18.3 Å². The van der Waals surface area contributed by atoms with Crippen molar-refractivity contribution < 1.29 is 4.42 Å². The molecule has 1 saturated carbocycles. The molecule has 3 rings (SSSR count). The van der Waals surface area contributed by atoms with Gasteiger partial charge in [-0.15, -0.1) is 0 Å². The molecule has 2 heterocycles. The van der Waals surface area contributed by atoms with Gasteiger partial charge in [0.05, 0.1) is 6.33 Å². The van der Waals surface area contributed by atoms with Gasteiger partial charge in [0, 0.05) is 31.4 Å². The van der Waals surface area contributed by atoms with Gasteiger partial charge in [0.15, 0.2) is 0 Å². The first-order chi connectivity index (χ1) is 11.9. The number of nitrogens with zero attached hydrogens (tertiary/aromatic N) is 4. The highest BCUT2D eigenvalue weighted by atomic mass is 35.5. The van der Waals surface area contributed by atoms with Gasteiger partial charge in [-0.3, -0.25) is 0 Å². The number of aromatic nitrogens is 3. The molecule has 2 aromatic heterocycles. The van der Waals surface area contributed by atoms with Crippen molar-refractivity contribution in [1.29, 1.82) is 5.26 Å². The van der Waals surface area contributed by atoms with Crippen LogP contribution in [0.4, 0.5) is 5.88 Å². The molecule has 2 aromatic rings. The van der Waals surface area contributed by atoms with Gasteiger partial charge < -0.3 is 14.3 Å². The summed E-state index contributed by atoms with van der Waals surface area (Å²) in [4.78, 5) is 8.36. The Morgan fingerprint density at radius 3 is 2.96 bits per heavy atom. The van der Waals surface area contributed by atoms with E-state index in [0.717, 1.165) is 13.0 Å². The zero-order chi connectivity index (χ0) is 18.0. The molecule has 0 bridgehead atoms. The number of hydrogen-bond acceptors (Lipinski definition) is 5. The second-order valence-corrected chi connectivity index (χ2v) is 7.71. The lowest BCUT2D eigenvalue weighted by atomic mass is 10.1. The molecule has 0 amide bonds. The largest absolute Gasteiger partial charge is 0.423 e. The van der Waals surface area contributed by atoms with Gasteiger partial charge in [-0.2, -0.15) is 5.26 Å². The van der Waals surface area contributed by atoms with Gasteiger partial charge in [-0.05, 0) is 23.8 Å². The predicted octanol–water partition coefficient (Wildman–Crippen LogP) is 4.30. The zero-order valence-electron chi connectivity index (χ0n) is 14.0. The standard InChI is InChI=1S/C17H19Cl2N5O/c1-17(2)11(8-13(18)19)14(17)16-23-12(9-20)15(25-16)22-4-3-6-24-7-5-21-10-24/h5,7-8,10-11,14,22H,3-4,6H2,1-2H3/t11-,14+/m1/s1. The maximum Gasteiger partial charge on any atom is 0.232 e. The Hall–Kier alpha value is -1.97. The van der Waals surface area contributed by atoms with Gasteiger partial charge in [0.1, 0.15) is 10.6 Å². The molecule has 0 aromatic carbocycles. The third-order valence-electron chi connectivity index (χ3n) is 4.67. The highest BCUT2D eigenvalue weighted by Gasteiger charge is 2.60. The molecule has 8 heteroatoms. The van der Waals surface area contributed by atoms with Gasteiger partial charge in [0.2, 0.25) is 17.5 Å². The first-order valence-corrected chi connectivity index (χ1v) is 8.82. The topological polar surface area (TPSA) is 79.7 Å². The van der Waals surface area contributed by atoms with Gasteiger partial charge in [-0.1, -0.05) is 37.0 Å². The van der Waals surface area contributed by atoms with Crippen LogP contribution in [-0.2, 0) is 6.54 Å². The second kappa shape index (κ2) is 7.11. The molecule has 1 aliphatic rings. The van der Waals surface area contributed by atoms with E-state index in [1.807, 2.05) is 16.8 Å². The Labute approximate surface area is 156 Å². The summed E-state index contributed by atoms with van der Waals surface area (Å²) >= 11 is 11.6. The van der Waals surface area contributed by atoms with E-state index < -0.39 is 0 Å². The first-order valence-electron chi connectivity index (χ1n) is 8.06. The molecule has 1 N–H and O–H groups in total. The summed E-state index contributed by atoms with van der Waals surface area (Å²) in [6.07, 6.45) is 8.12. The Bertz CT molecular complexity index is 800. The molecule has 1 aliphatic carbocycles. The number of allylic oxidation sites excluding steroid dienone is 1. The van der Waals surface area contributed by atoms with Crippen LogP contribution in [0.2, 0.25) is 0 Å². The normalized spacial score (nSPS) is 20.8. The van der Waals surface area contributed by atoms with Crippen LogP contribution in [0.5, 0.6) is 0 Å². The Morgan fingerprint density at radius 2 is 2.32 bits per heavy atom. The molecule has 2 atom stereocenters. The minimum absolute atomic E-state index is 0.0503. The quantitative estimate of drug-likeness (QED) is 0.725. The molecule has 0 unspecified atom stereocenters. The van der Waals surface area contributed by atoms with Crippen LogP contribution in [0.1, 0.15) is 37.8 Å². The minimum atomic E-state index is -0.0503. The molecule has 25 heavy (non-hydrogen) atoms. The lowest BCUT2D eigenvalue weighted by molar-refractivity contribution is 0.475. The third-order valence-corrected chi connectivity index (χ3v) is 4.92. The molecule has 6 nitrogen and oxygen atoms in total. The number of rotatable bonds is 7. The van der Waals surface area contributed by atoms with Gasteiger partial charge in [0.25, 0.3) is 0 Å². The van der Waals surface area contributed by atoms with E-state index in [1.165, 1.54) is 0 Å². The van der Waals surface area contributed by atoms with Crippen LogP contribution in [0.25, 0.3) is 0 Å². The Kier molecular flexibility index (Phi) is 5.07. The molecular weight excluding hydrogens is 361 g/mol. The molecule has 0 aliphatic heterocycles. The average molecular weight is 380 g/mol. The lowest BCUT2D eigenvalue weighted by Gasteiger charge is -2.03. The van der Waals surface area contributed by atoms with Crippen LogP contribution in [0.3, 0.4) is 0 Å². The summed E-state index contributed by atoms with van der Waals surface area (Å²) in [5.74, 6) is 1.19. The predicted molar refractivity (Wildman–Crippen MR) is 96.4 cm³/mol. The number of nitriles is 1. The monoisotopic (exact) mass is 379 g/mol. The summed E-state index contributed by atoms with van der Waals surface area (Å²) in [5, 5.41) is 12.5. The van der Waals surface area contributed by atoms with Crippen molar-refractivity contribution in [3.63, 3.8) is 0 Å². The van der Waals surface area contributed by atoms with Gasteiger partial charge in [-0.25, -0.2) is 9.97 Å². The highest BCUT2D eigenvalue weighted by Crippen LogP contribution is 2.65. The number of imidazole rings is 1. The number of anilines is 1. The number of oxazole rings is 1. The van der Waals surface area contributed by atoms with Crippen LogP contribution in [-0.4, -0.2) is 21.1 Å². The number of halogens is 2. The lowest BCUT2D eigenvalue weighted by Crippen LogP contribution is -2.06. The Morgan fingerprint density at radius 1 is 1.52 bits per heavy atom. The van der Waals surface area contributed by atoms with Crippen molar-refractivity contribution in [2.24, 2.45) is 11.3 Å². The molecule has 132 valence electrons. The number of aryl methyl sites for hydroxylation is 1. The molecule has 0 radical (unpaired) electrons. The van der Waals surface area contributed by atoms with E-state index in [4.69, 9.17) is 27.6 Å². The Balaban J connectivity index is 1.64. The summed E-state index contributed by atoms with van der Waals surface area (Å²) in [6.45, 7) is 5.72. The van der Waals surface area contributed by atoms with E-state index in [-0.39, 0.29) is 27.4 Å². The second-order valence-electron chi connectivity index (χ2n) is 6.70. The van der Waals surface area contributed by atoms with Crippen LogP contribution < -0.4 is 5.32 Å². The summed E-state index contributed by atoms with van der Waals surface area (Å²) in [7, 11) is 0. The smallest absolute Gasteiger partial charge is 0.232 e. The van der Waals surface area contributed by atoms with Crippen molar-refractivity contribution in [1.82, 2.24) is 14.5 Å². The van der Waals surface area contributed by atoms with Crippen molar-refractivity contribution in [3.8, 4) is 6.07 Å². The van der Waals surface area contributed by atoms with Crippen molar-refractivity contribution >= 4 is 29.1 Å². The van der Waals surface area contributed by atoms with Crippen LogP contribution >= 0.6 is 23.2 Å². The fourth-order valence-corrected chi connectivity index (χ4v) is 3.42. The highest BCUT2D eigenvalue weighted by molar-refractivity contribution is 6.55. The molecular formula is C17H19Cl2N5O. The zero-order valence-corrected chi connectivity index (χ0v) is 15.6. The van der Waals surface area contributed by atoms with E-state index in [9.17, 15) is 5.26 Å². The molecule has 0 spiro atoms. The van der Waals surface area contributed by atoms with E-state index in [1.54, 1.807) is 12.5 Å². The maximum absolute atomic E-state index is 9.30. The summed E-state index contributed by atoms with van der Waals surface area (Å²) in [5.41, 5.74) is 0.228. The average Bonchev–Trinajstić information content (AvgIpc) is 3.00. The summed E-state index contributed by atoms with van der Waals surface area (Å²) in [6, 6.07) is 2.09. The van der Waals surface area contributed by atoms with Crippen molar-refractivity contribution in [3.05, 3.63) is 40.9 Å². The van der Waals surface area contributed by atoms with Gasteiger partial charge >= 0.3 is 0 Å². The van der Waals surface area contributed by atoms with Crippen LogP contribution in [0, 0.1) is 22.7 Å². The SMILES string of the molecule is CC1(C)[C@H](C=C(Cl)Cl)[C@H]1c1nc(C#N)c(NCCCn2ccnc2)o1. The molecule has 0 saturated heterocycles. The van der Waals surface area contributed by atoms with Crippen molar-refractivity contribution in [2.75, 3.05) is 11.9 Å². The van der Waals surface area contributed by atoms with Crippen molar-refractivity contribution in [2.45, 2.75) is 32.7 Å². The fourth-order valence-electron chi connectivity index (χ4n) is 3.14. The fraction of sp³-hybridized carbons (Fsp3) is 0.471. The van der Waals surface area contributed by atoms with Crippen LogP contribution in [0.15, 0.2) is 33.7 Å². The maximum atomic E-state index is 9.30. The minimum Gasteiger partial charge on any atom is -0.423 e. The number of hydrogen-bond donors (Lipinski definition) is 1. The summed E-state index contributed by atoms with van der Waals surface area (Å²) < 4.78 is 8.07. The van der Waals surface area contributed by atoms with E-state index >= 15 is 0 Å².